The number of benzene rings is 1. The molecule has 1 aliphatic rings. The highest BCUT2D eigenvalue weighted by molar-refractivity contribution is 5.45. The summed E-state index contributed by atoms with van der Waals surface area (Å²) in [4.78, 5) is 0. The molecule has 1 heterocycles. The molecule has 0 amide bonds. The third-order valence-electron chi connectivity index (χ3n) is 2.83. The fourth-order valence-electron chi connectivity index (χ4n) is 1.95. The van der Waals surface area contributed by atoms with Crippen molar-refractivity contribution in [1.29, 1.82) is 0 Å². The van der Waals surface area contributed by atoms with Crippen LogP contribution in [-0.4, -0.2) is 30.5 Å². The van der Waals surface area contributed by atoms with Crippen LogP contribution in [0.5, 0.6) is 0 Å². The van der Waals surface area contributed by atoms with E-state index in [0.717, 1.165) is 19.4 Å². The molecular formula is C12H16FNO2. The molecule has 1 aromatic carbocycles. The number of halogens is 1. The monoisotopic (exact) mass is 225 g/mol. The van der Waals surface area contributed by atoms with Gasteiger partial charge in [-0.05, 0) is 25.0 Å². The number of aliphatic hydroxyl groups is 1. The maximum Gasteiger partial charge on any atom is 0.146 e. The Hall–Kier alpha value is -1.13. The number of para-hydroxylation sites is 1. The zero-order chi connectivity index (χ0) is 11.4. The van der Waals surface area contributed by atoms with E-state index in [1.807, 2.05) is 0 Å². The van der Waals surface area contributed by atoms with Gasteiger partial charge < -0.3 is 15.2 Å². The SMILES string of the molecule is OCC(Nc1ccccc1F)C1CCCO1. The molecule has 2 unspecified atom stereocenters. The number of aliphatic hydroxyl groups excluding tert-OH is 1. The molecule has 2 rings (SSSR count). The Labute approximate surface area is 94.2 Å². The van der Waals surface area contributed by atoms with E-state index in [4.69, 9.17) is 4.74 Å². The molecule has 1 aliphatic heterocycles. The normalized spacial score (nSPS) is 22.0. The van der Waals surface area contributed by atoms with Gasteiger partial charge in [-0.15, -0.1) is 0 Å². The molecule has 1 saturated heterocycles. The van der Waals surface area contributed by atoms with Gasteiger partial charge in [-0.1, -0.05) is 12.1 Å². The largest absolute Gasteiger partial charge is 0.394 e. The summed E-state index contributed by atoms with van der Waals surface area (Å²) >= 11 is 0. The van der Waals surface area contributed by atoms with Crippen LogP contribution in [0.3, 0.4) is 0 Å². The minimum absolute atomic E-state index is 0.0235. The van der Waals surface area contributed by atoms with Crippen LogP contribution in [-0.2, 0) is 4.74 Å². The van der Waals surface area contributed by atoms with Crippen LogP contribution >= 0.6 is 0 Å². The molecule has 2 N–H and O–H groups in total. The summed E-state index contributed by atoms with van der Waals surface area (Å²) in [5, 5.41) is 12.3. The molecule has 1 fully saturated rings. The topological polar surface area (TPSA) is 41.5 Å². The number of rotatable bonds is 4. The van der Waals surface area contributed by atoms with E-state index < -0.39 is 0 Å². The van der Waals surface area contributed by atoms with Crippen molar-refractivity contribution in [3.8, 4) is 0 Å². The lowest BCUT2D eigenvalue weighted by Crippen LogP contribution is -2.36. The Morgan fingerprint density at radius 2 is 2.31 bits per heavy atom. The van der Waals surface area contributed by atoms with Crippen molar-refractivity contribution in [2.24, 2.45) is 0 Å². The number of ether oxygens (including phenoxy) is 1. The second-order valence-electron chi connectivity index (χ2n) is 3.96. The first-order chi connectivity index (χ1) is 7.81. The summed E-state index contributed by atoms with van der Waals surface area (Å²) in [6, 6.07) is 6.22. The van der Waals surface area contributed by atoms with Gasteiger partial charge in [0.25, 0.3) is 0 Å². The highest BCUT2D eigenvalue weighted by Gasteiger charge is 2.25. The van der Waals surface area contributed by atoms with Gasteiger partial charge in [0.1, 0.15) is 5.82 Å². The number of hydrogen-bond donors (Lipinski definition) is 2. The third kappa shape index (κ3) is 2.51. The maximum atomic E-state index is 13.4. The van der Waals surface area contributed by atoms with Crippen LogP contribution in [0.15, 0.2) is 24.3 Å². The molecular weight excluding hydrogens is 209 g/mol. The van der Waals surface area contributed by atoms with Crippen LogP contribution < -0.4 is 5.32 Å². The van der Waals surface area contributed by atoms with Gasteiger partial charge in [-0.2, -0.15) is 0 Å². The first-order valence-electron chi connectivity index (χ1n) is 5.55. The van der Waals surface area contributed by atoms with E-state index in [2.05, 4.69) is 5.32 Å². The van der Waals surface area contributed by atoms with Gasteiger partial charge in [0, 0.05) is 6.61 Å². The van der Waals surface area contributed by atoms with Crippen molar-refractivity contribution in [2.45, 2.75) is 25.0 Å². The smallest absolute Gasteiger partial charge is 0.146 e. The first kappa shape index (κ1) is 11.4. The molecule has 16 heavy (non-hydrogen) atoms. The molecule has 0 saturated carbocycles. The first-order valence-corrected chi connectivity index (χ1v) is 5.55. The molecule has 0 aromatic heterocycles. The molecule has 88 valence electrons. The van der Waals surface area contributed by atoms with Crippen LogP contribution in [0.25, 0.3) is 0 Å². The van der Waals surface area contributed by atoms with E-state index in [1.54, 1.807) is 18.2 Å². The fourth-order valence-corrected chi connectivity index (χ4v) is 1.95. The third-order valence-corrected chi connectivity index (χ3v) is 2.83. The predicted octanol–water partition coefficient (Wildman–Crippen LogP) is 1.78. The summed E-state index contributed by atoms with van der Waals surface area (Å²) < 4.78 is 18.9. The fraction of sp³-hybridized carbons (Fsp3) is 0.500. The number of nitrogens with one attached hydrogen (secondary N) is 1. The lowest BCUT2D eigenvalue weighted by atomic mass is 10.1. The highest BCUT2D eigenvalue weighted by Crippen LogP contribution is 2.20. The van der Waals surface area contributed by atoms with Gasteiger partial charge in [0.15, 0.2) is 0 Å². The molecule has 4 heteroatoms. The van der Waals surface area contributed by atoms with Crippen LogP contribution in [0.2, 0.25) is 0 Å². The summed E-state index contributed by atoms with van der Waals surface area (Å²) in [6.45, 7) is 0.666. The highest BCUT2D eigenvalue weighted by atomic mass is 19.1. The number of hydrogen-bond acceptors (Lipinski definition) is 3. The molecule has 0 radical (unpaired) electrons. The zero-order valence-corrected chi connectivity index (χ0v) is 9.03. The average molecular weight is 225 g/mol. The quantitative estimate of drug-likeness (QED) is 0.820. The molecule has 0 spiro atoms. The zero-order valence-electron chi connectivity index (χ0n) is 9.03. The van der Waals surface area contributed by atoms with E-state index in [9.17, 15) is 9.50 Å². The van der Waals surface area contributed by atoms with E-state index >= 15 is 0 Å². The Bertz CT molecular complexity index is 340. The second kappa shape index (κ2) is 5.27. The molecule has 1 aromatic rings. The Kier molecular flexibility index (Phi) is 3.74. The van der Waals surface area contributed by atoms with E-state index in [1.165, 1.54) is 6.07 Å². The Morgan fingerprint density at radius 1 is 1.50 bits per heavy atom. The summed E-state index contributed by atoms with van der Waals surface area (Å²) in [5.41, 5.74) is 0.414. The lowest BCUT2D eigenvalue weighted by Gasteiger charge is -2.23. The van der Waals surface area contributed by atoms with Gasteiger partial charge in [0.2, 0.25) is 0 Å². The molecule has 2 atom stereocenters. The standard InChI is InChI=1S/C12H16FNO2/c13-9-4-1-2-5-10(9)14-11(8-15)12-6-3-7-16-12/h1-2,4-5,11-12,14-15H,3,6-8H2. The van der Waals surface area contributed by atoms with E-state index in [-0.39, 0.29) is 24.6 Å². The van der Waals surface area contributed by atoms with Crippen LogP contribution in [0.4, 0.5) is 10.1 Å². The molecule has 0 aliphatic carbocycles. The maximum absolute atomic E-state index is 13.4. The molecule has 0 bridgehead atoms. The van der Waals surface area contributed by atoms with Crippen LogP contribution in [0, 0.1) is 5.82 Å². The number of anilines is 1. The second-order valence-corrected chi connectivity index (χ2v) is 3.96. The van der Waals surface area contributed by atoms with Crippen molar-refractivity contribution in [3.63, 3.8) is 0 Å². The summed E-state index contributed by atoms with van der Waals surface area (Å²) in [7, 11) is 0. The van der Waals surface area contributed by atoms with Crippen molar-refractivity contribution in [3.05, 3.63) is 30.1 Å². The van der Waals surface area contributed by atoms with Gasteiger partial charge in [-0.3, -0.25) is 0 Å². The van der Waals surface area contributed by atoms with Crippen molar-refractivity contribution >= 4 is 5.69 Å². The Morgan fingerprint density at radius 3 is 2.94 bits per heavy atom. The van der Waals surface area contributed by atoms with Crippen molar-refractivity contribution < 1.29 is 14.2 Å². The van der Waals surface area contributed by atoms with E-state index in [0.29, 0.717) is 5.69 Å². The lowest BCUT2D eigenvalue weighted by molar-refractivity contribution is 0.0757. The average Bonchev–Trinajstić information content (AvgIpc) is 2.81. The van der Waals surface area contributed by atoms with Crippen molar-refractivity contribution in [1.82, 2.24) is 0 Å². The van der Waals surface area contributed by atoms with Crippen molar-refractivity contribution in [2.75, 3.05) is 18.5 Å². The summed E-state index contributed by atoms with van der Waals surface area (Å²) in [5.74, 6) is -0.307. The van der Waals surface area contributed by atoms with Gasteiger partial charge in [0.05, 0.1) is 24.4 Å². The summed E-state index contributed by atoms with van der Waals surface area (Å²) in [6.07, 6.45) is 1.89. The molecule has 3 nitrogen and oxygen atoms in total. The van der Waals surface area contributed by atoms with Crippen LogP contribution in [0.1, 0.15) is 12.8 Å². The minimum Gasteiger partial charge on any atom is -0.394 e. The van der Waals surface area contributed by atoms with Gasteiger partial charge >= 0.3 is 0 Å². The van der Waals surface area contributed by atoms with Gasteiger partial charge in [-0.25, -0.2) is 4.39 Å². The minimum atomic E-state index is -0.307. The predicted molar refractivity (Wildman–Crippen MR) is 59.9 cm³/mol. The Balaban J connectivity index is 2.03.